The molecule has 2 aromatic heterocycles. The topological polar surface area (TPSA) is 57.8 Å². The minimum atomic E-state index is 0.0337. The molecule has 0 radical (unpaired) electrons. The van der Waals surface area contributed by atoms with Gasteiger partial charge in [-0.1, -0.05) is 36.4 Å². The number of aliphatic hydroxyl groups excluding tert-OH is 1. The van der Waals surface area contributed by atoms with Crippen LogP contribution in [-0.4, -0.2) is 19.6 Å². The second kappa shape index (κ2) is 5.83. The van der Waals surface area contributed by atoms with E-state index in [0.717, 1.165) is 33.6 Å². The molecule has 0 bridgehead atoms. The van der Waals surface area contributed by atoms with Crippen molar-refractivity contribution in [2.75, 3.05) is 0 Å². The second-order valence-corrected chi connectivity index (χ2v) is 5.69. The number of nitrogens with zero attached hydrogens (tertiary/aromatic N) is 2. The van der Waals surface area contributed by atoms with Crippen LogP contribution >= 0.6 is 0 Å². The van der Waals surface area contributed by atoms with Gasteiger partial charge in [0.2, 0.25) is 0 Å². The molecule has 0 fully saturated rings. The Kier molecular flexibility index (Phi) is 3.52. The first-order valence-electron chi connectivity index (χ1n) is 7.71. The molecule has 4 rings (SSSR count). The van der Waals surface area contributed by atoms with Crippen molar-refractivity contribution in [3.8, 4) is 28.3 Å². The summed E-state index contributed by atoms with van der Waals surface area (Å²) in [4.78, 5) is 4.52. The van der Waals surface area contributed by atoms with Crippen LogP contribution < -0.4 is 0 Å². The molecule has 4 nitrogen and oxygen atoms in total. The average molecular weight is 316 g/mol. The zero-order valence-corrected chi connectivity index (χ0v) is 12.9. The molecule has 0 aliphatic rings. The molecule has 0 unspecified atom stereocenters. The smallest absolute Gasteiger partial charge is 0.116 e. The molecule has 24 heavy (non-hydrogen) atoms. The molecule has 0 spiro atoms. The van der Waals surface area contributed by atoms with Crippen LogP contribution in [0.15, 0.2) is 73.1 Å². The molecule has 0 aliphatic heterocycles. The van der Waals surface area contributed by atoms with Crippen molar-refractivity contribution in [2.24, 2.45) is 0 Å². The number of aromatic nitrogens is 2. The Morgan fingerprint density at radius 3 is 2.50 bits per heavy atom. The van der Waals surface area contributed by atoms with Gasteiger partial charge in [-0.05, 0) is 29.8 Å². The lowest BCUT2D eigenvalue weighted by Crippen LogP contribution is -1.93. The number of fused-ring (bicyclic) bond motifs is 1. The third-order valence-corrected chi connectivity index (χ3v) is 4.11. The molecule has 118 valence electrons. The summed E-state index contributed by atoms with van der Waals surface area (Å²) in [5.41, 5.74) is 5.65. The molecule has 2 aromatic carbocycles. The van der Waals surface area contributed by atoms with Gasteiger partial charge >= 0.3 is 0 Å². The van der Waals surface area contributed by atoms with Crippen LogP contribution in [0.1, 0.15) is 5.56 Å². The highest BCUT2D eigenvalue weighted by atomic mass is 16.3. The summed E-state index contributed by atoms with van der Waals surface area (Å²) in [7, 11) is 0. The Hall–Kier alpha value is -3.11. The van der Waals surface area contributed by atoms with E-state index >= 15 is 0 Å². The maximum atomic E-state index is 9.72. The highest BCUT2D eigenvalue weighted by Crippen LogP contribution is 2.27. The molecular formula is C20H16N2O2. The minimum absolute atomic E-state index is 0.0337. The van der Waals surface area contributed by atoms with Gasteiger partial charge in [0.05, 0.1) is 29.7 Å². The van der Waals surface area contributed by atoms with Gasteiger partial charge in [0.25, 0.3) is 0 Å². The quantitative estimate of drug-likeness (QED) is 0.603. The zero-order valence-electron chi connectivity index (χ0n) is 12.9. The lowest BCUT2D eigenvalue weighted by Gasteiger charge is -2.07. The molecule has 4 aromatic rings. The molecule has 0 saturated carbocycles. The molecule has 2 heterocycles. The monoisotopic (exact) mass is 316 g/mol. The van der Waals surface area contributed by atoms with E-state index in [1.165, 1.54) is 0 Å². The Morgan fingerprint density at radius 2 is 1.75 bits per heavy atom. The number of benzene rings is 2. The molecule has 0 atom stereocenters. The first-order valence-corrected chi connectivity index (χ1v) is 7.71. The summed E-state index contributed by atoms with van der Waals surface area (Å²) in [6.07, 6.45) is 3.82. The summed E-state index contributed by atoms with van der Waals surface area (Å²) in [6.45, 7) is 0.0337. The fraction of sp³-hybridized carbons (Fsp3) is 0.0500. The van der Waals surface area contributed by atoms with Crippen LogP contribution in [0.4, 0.5) is 0 Å². The van der Waals surface area contributed by atoms with Gasteiger partial charge in [0.15, 0.2) is 0 Å². The van der Waals surface area contributed by atoms with Gasteiger partial charge in [0.1, 0.15) is 5.75 Å². The first kappa shape index (κ1) is 14.5. The number of rotatable bonds is 3. The van der Waals surface area contributed by atoms with Crippen LogP contribution in [0.3, 0.4) is 0 Å². The lowest BCUT2D eigenvalue weighted by molar-refractivity contribution is 0.282. The van der Waals surface area contributed by atoms with Crippen molar-refractivity contribution < 1.29 is 10.2 Å². The third-order valence-electron chi connectivity index (χ3n) is 4.11. The van der Waals surface area contributed by atoms with E-state index in [-0.39, 0.29) is 12.4 Å². The molecule has 0 saturated heterocycles. The normalized spacial score (nSPS) is 11.0. The van der Waals surface area contributed by atoms with Gasteiger partial charge in [-0.15, -0.1) is 0 Å². The highest BCUT2D eigenvalue weighted by Gasteiger charge is 2.08. The van der Waals surface area contributed by atoms with Crippen molar-refractivity contribution in [1.82, 2.24) is 9.38 Å². The minimum Gasteiger partial charge on any atom is -0.508 e. The number of phenols is 1. The summed E-state index contributed by atoms with van der Waals surface area (Å²) < 4.78 is 2.07. The van der Waals surface area contributed by atoms with Gasteiger partial charge in [-0.2, -0.15) is 0 Å². The van der Waals surface area contributed by atoms with Crippen molar-refractivity contribution in [3.05, 3.63) is 78.6 Å². The van der Waals surface area contributed by atoms with Crippen LogP contribution in [0, 0.1) is 0 Å². The predicted octanol–water partition coefficient (Wildman–Crippen LogP) is 3.87. The van der Waals surface area contributed by atoms with E-state index in [2.05, 4.69) is 9.38 Å². The molecule has 2 N–H and O–H groups in total. The Bertz CT molecular complexity index is 1000. The number of aromatic hydroxyl groups is 1. The lowest BCUT2D eigenvalue weighted by atomic mass is 10.1. The van der Waals surface area contributed by atoms with Crippen molar-refractivity contribution in [1.29, 1.82) is 0 Å². The second-order valence-electron chi connectivity index (χ2n) is 5.69. The van der Waals surface area contributed by atoms with Crippen molar-refractivity contribution in [2.45, 2.75) is 6.61 Å². The van der Waals surface area contributed by atoms with E-state index in [1.807, 2.05) is 60.9 Å². The van der Waals surface area contributed by atoms with Crippen molar-refractivity contribution in [3.63, 3.8) is 0 Å². The zero-order chi connectivity index (χ0) is 16.5. The summed E-state index contributed by atoms with van der Waals surface area (Å²) in [5.74, 6) is 0.247. The summed E-state index contributed by atoms with van der Waals surface area (Å²) in [6, 6.07) is 18.9. The fourth-order valence-electron chi connectivity index (χ4n) is 2.84. The predicted molar refractivity (Wildman–Crippen MR) is 93.7 cm³/mol. The SMILES string of the molecule is OCc1ccc(-c2cn3c(-c4cccc(O)c4)ccc3cn2)cc1. The van der Waals surface area contributed by atoms with Crippen LogP contribution in [0.2, 0.25) is 0 Å². The van der Waals surface area contributed by atoms with E-state index in [9.17, 15) is 5.11 Å². The van der Waals surface area contributed by atoms with Gasteiger partial charge < -0.3 is 14.6 Å². The van der Waals surface area contributed by atoms with Crippen LogP contribution in [0.5, 0.6) is 5.75 Å². The average Bonchev–Trinajstić information content (AvgIpc) is 3.05. The first-order chi connectivity index (χ1) is 11.7. The summed E-state index contributed by atoms with van der Waals surface area (Å²) in [5, 5.41) is 18.9. The molecule has 0 amide bonds. The van der Waals surface area contributed by atoms with Gasteiger partial charge in [-0.3, -0.25) is 4.98 Å². The largest absolute Gasteiger partial charge is 0.508 e. The maximum absolute atomic E-state index is 9.72. The van der Waals surface area contributed by atoms with Gasteiger partial charge in [0, 0.05) is 17.3 Å². The molecule has 4 heteroatoms. The Morgan fingerprint density at radius 1 is 0.917 bits per heavy atom. The van der Waals surface area contributed by atoms with Gasteiger partial charge in [-0.25, -0.2) is 0 Å². The fourth-order valence-corrected chi connectivity index (χ4v) is 2.84. The van der Waals surface area contributed by atoms with Crippen molar-refractivity contribution >= 4 is 5.52 Å². The number of hydrogen-bond acceptors (Lipinski definition) is 3. The number of hydrogen-bond donors (Lipinski definition) is 2. The number of aliphatic hydroxyl groups is 1. The van der Waals surface area contributed by atoms with E-state index in [0.29, 0.717) is 0 Å². The number of phenolic OH excluding ortho intramolecular Hbond substituents is 1. The van der Waals surface area contributed by atoms with E-state index < -0.39 is 0 Å². The van der Waals surface area contributed by atoms with Crippen LogP contribution in [0.25, 0.3) is 28.0 Å². The molecule has 0 aliphatic carbocycles. The van der Waals surface area contributed by atoms with E-state index in [1.54, 1.807) is 12.1 Å². The van der Waals surface area contributed by atoms with E-state index in [4.69, 9.17) is 5.11 Å². The Labute approximate surface area is 139 Å². The summed E-state index contributed by atoms with van der Waals surface area (Å²) >= 11 is 0. The Balaban J connectivity index is 1.83. The standard InChI is InChI=1S/C20H16N2O2/c23-13-14-4-6-15(7-5-14)19-12-22-17(11-21-19)8-9-20(22)16-2-1-3-18(24)10-16/h1-12,23-24H,13H2. The highest BCUT2D eigenvalue weighted by molar-refractivity contribution is 5.70. The van der Waals surface area contributed by atoms with Crippen LogP contribution in [-0.2, 0) is 6.61 Å². The third kappa shape index (κ3) is 2.53. The molecular weight excluding hydrogens is 300 g/mol. The maximum Gasteiger partial charge on any atom is 0.116 e.